The molecule has 0 radical (unpaired) electrons. The van der Waals surface area contributed by atoms with E-state index in [1.165, 1.54) is 0 Å². The van der Waals surface area contributed by atoms with Crippen LogP contribution in [0.15, 0.2) is 29.2 Å². The summed E-state index contributed by atoms with van der Waals surface area (Å²) in [6, 6.07) is 7.57. The van der Waals surface area contributed by atoms with Crippen molar-refractivity contribution in [1.82, 2.24) is 5.32 Å². The first-order chi connectivity index (χ1) is 8.61. The highest BCUT2D eigenvalue weighted by molar-refractivity contribution is 7.99. The lowest BCUT2D eigenvalue weighted by Gasteiger charge is -2.09. The molecule has 0 bridgehead atoms. The lowest BCUT2D eigenvalue weighted by Crippen LogP contribution is -2.29. The first-order valence-electron chi connectivity index (χ1n) is 5.87. The Bertz CT molecular complexity index is 370. The number of benzene rings is 1. The van der Waals surface area contributed by atoms with Crippen molar-refractivity contribution in [3.8, 4) is 0 Å². The van der Waals surface area contributed by atoms with Gasteiger partial charge >= 0.3 is 0 Å². The van der Waals surface area contributed by atoms with Crippen molar-refractivity contribution < 1.29 is 9.90 Å². The fourth-order valence-electron chi connectivity index (χ4n) is 1.23. The van der Waals surface area contributed by atoms with Crippen LogP contribution >= 0.6 is 23.4 Å². The molecule has 1 unspecified atom stereocenters. The molecule has 18 heavy (non-hydrogen) atoms. The molecular weight excluding hydrogens is 270 g/mol. The molecule has 0 aromatic heterocycles. The number of aliphatic hydroxyl groups excluding tert-OH is 1. The van der Waals surface area contributed by atoms with Crippen LogP contribution in [0, 0.1) is 5.92 Å². The Morgan fingerprint density at radius 2 is 2.11 bits per heavy atom. The zero-order valence-corrected chi connectivity index (χ0v) is 11.9. The fraction of sp³-hybridized carbons (Fsp3) is 0.462. The molecule has 1 amide bonds. The largest absolute Gasteiger partial charge is 0.396 e. The van der Waals surface area contributed by atoms with Crippen molar-refractivity contribution in [2.24, 2.45) is 5.92 Å². The minimum absolute atomic E-state index is 0.0248. The van der Waals surface area contributed by atoms with Crippen molar-refractivity contribution in [2.75, 3.05) is 18.9 Å². The van der Waals surface area contributed by atoms with Crippen molar-refractivity contribution in [2.45, 2.75) is 18.2 Å². The summed E-state index contributed by atoms with van der Waals surface area (Å²) in [5, 5.41) is 12.3. The van der Waals surface area contributed by atoms with Crippen molar-refractivity contribution in [1.29, 1.82) is 0 Å². The first kappa shape index (κ1) is 15.3. The number of carbonyl (C=O) groups is 1. The van der Waals surface area contributed by atoms with Gasteiger partial charge in [-0.25, -0.2) is 0 Å². The van der Waals surface area contributed by atoms with E-state index < -0.39 is 0 Å². The van der Waals surface area contributed by atoms with Crippen LogP contribution in [0.1, 0.15) is 13.3 Å². The molecule has 1 rings (SSSR count). The molecule has 100 valence electrons. The van der Waals surface area contributed by atoms with Gasteiger partial charge in [0.25, 0.3) is 0 Å². The van der Waals surface area contributed by atoms with E-state index in [0.29, 0.717) is 13.0 Å². The van der Waals surface area contributed by atoms with Gasteiger partial charge in [0.15, 0.2) is 0 Å². The summed E-state index contributed by atoms with van der Waals surface area (Å²) >= 11 is 7.42. The number of carbonyl (C=O) groups excluding carboxylic acids is 1. The Labute approximate surface area is 117 Å². The average molecular weight is 288 g/mol. The summed E-state index contributed by atoms with van der Waals surface area (Å²) < 4.78 is 0. The third kappa shape index (κ3) is 6.28. The number of hydrogen-bond donors (Lipinski definition) is 2. The highest BCUT2D eigenvalue weighted by Crippen LogP contribution is 2.20. The second-order valence-electron chi connectivity index (χ2n) is 4.14. The van der Waals surface area contributed by atoms with Gasteiger partial charge in [-0.15, -0.1) is 11.8 Å². The maximum atomic E-state index is 11.5. The van der Waals surface area contributed by atoms with Crippen LogP contribution in [0.3, 0.4) is 0 Å². The zero-order chi connectivity index (χ0) is 13.4. The maximum Gasteiger partial charge on any atom is 0.220 e. The van der Waals surface area contributed by atoms with Crippen LogP contribution in [-0.2, 0) is 4.79 Å². The van der Waals surface area contributed by atoms with Gasteiger partial charge in [0, 0.05) is 35.2 Å². The Morgan fingerprint density at radius 1 is 1.44 bits per heavy atom. The van der Waals surface area contributed by atoms with Crippen LogP contribution < -0.4 is 5.32 Å². The molecule has 0 aliphatic heterocycles. The van der Waals surface area contributed by atoms with E-state index in [1.54, 1.807) is 11.8 Å². The van der Waals surface area contributed by atoms with Crippen LogP contribution in [0.5, 0.6) is 0 Å². The SMILES string of the molecule is CC(CO)CNC(=O)CCSc1ccc(Cl)cc1. The zero-order valence-electron chi connectivity index (χ0n) is 10.4. The molecule has 1 atom stereocenters. The quantitative estimate of drug-likeness (QED) is 0.758. The third-order valence-electron chi connectivity index (χ3n) is 2.37. The van der Waals surface area contributed by atoms with Gasteiger partial charge in [0.05, 0.1) is 0 Å². The average Bonchev–Trinajstić information content (AvgIpc) is 2.38. The Hall–Kier alpha value is -0.710. The van der Waals surface area contributed by atoms with Gasteiger partial charge in [-0.3, -0.25) is 4.79 Å². The van der Waals surface area contributed by atoms with Crippen molar-refractivity contribution >= 4 is 29.3 Å². The molecular formula is C13H18ClNO2S. The molecule has 1 aromatic rings. The van der Waals surface area contributed by atoms with Gasteiger partial charge in [0.1, 0.15) is 0 Å². The summed E-state index contributed by atoms with van der Waals surface area (Å²) in [4.78, 5) is 12.6. The topological polar surface area (TPSA) is 49.3 Å². The summed E-state index contributed by atoms with van der Waals surface area (Å²) in [5.41, 5.74) is 0. The Balaban J connectivity index is 2.17. The Kier molecular flexibility index (Phi) is 7.16. The van der Waals surface area contributed by atoms with Gasteiger partial charge in [-0.1, -0.05) is 18.5 Å². The number of thioether (sulfide) groups is 1. The molecule has 5 heteroatoms. The minimum atomic E-state index is 0.0248. The third-order valence-corrected chi connectivity index (χ3v) is 3.64. The van der Waals surface area contributed by atoms with E-state index in [4.69, 9.17) is 16.7 Å². The van der Waals surface area contributed by atoms with E-state index in [-0.39, 0.29) is 18.4 Å². The molecule has 1 aromatic carbocycles. The van der Waals surface area contributed by atoms with E-state index in [0.717, 1.165) is 15.7 Å². The van der Waals surface area contributed by atoms with Gasteiger partial charge in [-0.2, -0.15) is 0 Å². The second-order valence-corrected chi connectivity index (χ2v) is 5.75. The van der Waals surface area contributed by atoms with Crippen LogP contribution in [-0.4, -0.2) is 29.9 Å². The van der Waals surface area contributed by atoms with E-state index in [1.807, 2.05) is 31.2 Å². The molecule has 3 nitrogen and oxygen atoms in total. The molecule has 0 saturated heterocycles. The molecule has 0 fully saturated rings. The van der Waals surface area contributed by atoms with Crippen LogP contribution in [0.2, 0.25) is 5.02 Å². The second kappa shape index (κ2) is 8.40. The number of halogens is 1. The molecule has 0 saturated carbocycles. The maximum absolute atomic E-state index is 11.5. The van der Waals surface area contributed by atoms with Crippen LogP contribution in [0.4, 0.5) is 0 Å². The molecule has 0 aliphatic carbocycles. The standard InChI is InChI=1S/C13H18ClNO2S/c1-10(9-16)8-15-13(17)6-7-18-12-4-2-11(14)3-5-12/h2-5,10,16H,6-9H2,1H3,(H,15,17). The van der Waals surface area contributed by atoms with Gasteiger partial charge < -0.3 is 10.4 Å². The molecule has 0 spiro atoms. The van der Waals surface area contributed by atoms with Gasteiger partial charge in [-0.05, 0) is 30.2 Å². The van der Waals surface area contributed by atoms with Gasteiger partial charge in [0.2, 0.25) is 5.91 Å². The summed E-state index contributed by atoms with van der Waals surface area (Å²) in [5.74, 6) is 0.871. The summed E-state index contributed by atoms with van der Waals surface area (Å²) in [6.07, 6.45) is 0.478. The number of nitrogens with one attached hydrogen (secondary N) is 1. The number of amides is 1. The molecule has 2 N–H and O–H groups in total. The number of aliphatic hydroxyl groups is 1. The van der Waals surface area contributed by atoms with E-state index >= 15 is 0 Å². The Morgan fingerprint density at radius 3 is 2.72 bits per heavy atom. The summed E-state index contributed by atoms with van der Waals surface area (Å²) in [7, 11) is 0. The smallest absolute Gasteiger partial charge is 0.220 e. The lowest BCUT2D eigenvalue weighted by atomic mass is 10.2. The summed E-state index contributed by atoms with van der Waals surface area (Å²) in [6.45, 7) is 2.52. The minimum Gasteiger partial charge on any atom is -0.396 e. The van der Waals surface area contributed by atoms with Crippen molar-refractivity contribution in [3.05, 3.63) is 29.3 Å². The van der Waals surface area contributed by atoms with E-state index in [9.17, 15) is 4.79 Å². The monoisotopic (exact) mass is 287 g/mol. The lowest BCUT2D eigenvalue weighted by molar-refractivity contribution is -0.120. The highest BCUT2D eigenvalue weighted by Gasteiger charge is 2.04. The van der Waals surface area contributed by atoms with E-state index in [2.05, 4.69) is 5.32 Å². The predicted octanol–water partition coefficient (Wildman–Crippen LogP) is 2.57. The first-order valence-corrected chi connectivity index (χ1v) is 7.24. The normalized spacial score (nSPS) is 12.2. The number of hydrogen-bond acceptors (Lipinski definition) is 3. The predicted molar refractivity (Wildman–Crippen MR) is 76.1 cm³/mol. The van der Waals surface area contributed by atoms with Crippen LogP contribution in [0.25, 0.3) is 0 Å². The van der Waals surface area contributed by atoms with Crippen molar-refractivity contribution in [3.63, 3.8) is 0 Å². The molecule has 0 aliphatic rings. The fourth-order valence-corrected chi connectivity index (χ4v) is 2.21. The molecule has 0 heterocycles. The number of rotatable bonds is 7. The highest BCUT2D eigenvalue weighted by atomic mass is 35.5.